The van der Waals surface area contributed by atoms with E-state index in [1.54, 1.807) is 6.20 Å². The second-order valence-electron chi connectivity index (χ2n) is 3.97. The van der Waals surface area contributed by atoms with E-state index in [9.17, 15) is 4.79 Å². The Bertz CT molecular complexity index is 382. The first-order valence-electron chi connectivity index (χ1n) is 4.85. The van der Waals surface area contributed by atoms with Gasteiger partial charge in [0.2, 0.25) is 0 Å². The number of carboxylic acid groups (broad SMARTS) is 1. The third-order valence-corrected chi connectivity index (χ3v) is 3.02. The van der Waals surface area contributed by atoms with Crippen molar-refractivity contribution in [3.8, 4) is 0 Å². The summed E-state index contributed by atoms with van der Waals surface area (Å²) in [5.74, 6) is -0.116. The molecule has 1 N–H and O–H groups in total. The number of methoxy groups -OCH3 is 1. The smallest absolute Gasteiger partial charge is 0.333 e. The van der Waals surface area contributed by atoms with Gasteiger partial charge in [0.05, 0.1) is 5.41 Å². The molecule has 0 radical (unpaired) electrons. The lowest BCUT2D eigenvalue weighted by Crippen LogP contribution is -2.37. The number of carbonyl (C=O) groups is 1. The third kappa shape index (κ3) is 1.43. The van der Waals surface area contributed by atoms with E-state index >= 15 is 0 Å². The fourth-order valence-electron chi connectivity index (χ4n) is 2.15. The van der Waals surface area contributed by atoms with Gasteiger partial charge < -0.3 is 14.4 Å². The van der Waals surface area contributed by atoms with Gasteiger partial charge in [-0.1, -0.05) is 0 Å². The van der Waals surface area contributed by atoms with E-state index in [4.69, 9.17) is 9.84 Å². The van der Waals surface area contributed by atoms with Gasteiger partial charge in [0.1, 0.15) is 5.82 Å². The summed E-state index contributed by atoms with van der Waals surface area (Å²) in [7, 11) is 3.30. The Morgan fingerprint density at radius 3 is 2.73 bits per heavy atom. The number of carboxylic acids is 1. The number of hydrogen-bond donors (Lipinski definition) is 1. The van der Waals surface area contributed by atoms with Crippen molar-refractivity contribution in [1.82, 2.24) is 9.55 Å². The van der Waals surface area contributed by atoms with Crippen LogP contribution in [0.3, 0.4) is 0 Å². The zero-order valence-electron chi connectivity index (χ0n) is 8.80. The number of imidazole rings is 1. The number of aryl methyl sites for hydroxylation is 1. The molecule has 1 unspecified atom stereocenters. The van der Waals surface area contributed by atoms with Gasteiger partial charge in [-0.3, -0.25) is 0 Å². The average Bonchev–Trinajstić information content (AvgIpc) is 2.83. The molecule has 1 aromatic heterocycles. The fourth-order valence-corrected chi connectivity index (χ4v) is 2.15. The highest BCUT2D eigenvalue weighted by Gasteiger charge is 2.57. The molecule has 1 atom stereocenters. The molecule has 1 heterocycles. The minimum absolute atomic E-state index is 0.418. The van der Waals surface area contributed by atoms with Gasteiger partial charge in [0.25, 0.3) is 0 Å². The molecule has 5 heteroatoms. The van der Waals surface area contributed by atoms with E-state index in [0.717, 1.165) is 18.7 Å². The standard InChI is InChI=1S/C10H14N2O3/c1-12-6-5-11-9(12)10(3-4-10)7(15-2)8(13)14/h5-7H,3-4H2,1-2H3,(H,13,14). The summed E-state index contributed by atoms with van der Waals surface area (Å²) in [6, 6.07) is 0. The summed E-state index contributed by atoms with van der Waals surface area (Å²) in [4.78, 5) is 15.3. The maximum absolute atomic E-state index is 11.1. The van der Waals surface area contributed by atoms with Gasteiger partial charge in [-0.25, -0.2) is 9.78 Å². The van der Waals surface area contributed by atoms with E-state index in [1.165, 1.54) is 7.11 Å². The monoisotopic (exact) mass is 210 g/mol. The second kappa shape index (κ2) is 3.34. The lowest BCUT2D eigenvalue weighted by molar-refractivity contribution is -0.150. The summed E-state index contributed by atoms with van der Waals surface area (Å²) in [6.07, 6.45) is 4.36. The lowest BCUT2D eigenvalue weighted by atomic mass is 9.98. The SMILES string of the molecule is COC(C(=O)O)C1(c2nccn2C)CC1. The third-order valence-electron chi connectivity index (χ3n) is 3.02. The van der Waals surface area contributed by atoms with Crippen molar-refractivity contribution in [2.45, 2.75) is 24.4 Å². The molecule has 0 spiro atoms. The first-order chi connectivity index (χ1) is 7.12. The number of aromatic nitrogens is 2. The molecule has 82 valence electrons. The summed E-state index contributed by atoms with van der Waals surface area (Å²) in [6.45, 7) is 0. The molecule has 1 aromatic rings. The number of nitrogens with zero attached hydrogens (tertiary/aromatic N) is 2. The van der Waals surface area contributed by atoms with Crippen LogP contribution in [-0.2, 0) is 22.0 Å². The minimum Gasteiger partial charge on any atom is -0.479 e. The summed E-state index contributed by atoms with van der Waals surface area (Å²) < 4.78 is 6.93. The van der Waals surface area contributed by atoms with Crippen LogP contribution in [0.2, 0.25) is 0 Å². The Hall–Kier alpha value is -1.36. The first kappa shape index (κ1) is 10.2. The van der Waals surface area contributed by atoms with E-state index in [-0.39, 0.29) is 0 Å². The van der Waals surface area contributed by atoms with Crippen LogP contribution in [0.4, 0.5) is 0 Å². The maximum atomic E-state index is 11.1. The molecular weight excluding hydrogens is 196 g/mol. The van der Waals surface area contributed by atoms with Crippen LogP contribution in [-0.4, -0.2) is 33.8 Å². The van der Waals surface area contributed by atoms with Gasteiger partial charge in [0, 0.05) is 26.6 Å². The molecule has 0 bridgehead atoms. The van der Waals surface area contributed by atoms with Crippen molar-refractivity contribution >= 4 is 5.97 Å². The van der Waals surface area contributed by atoms with Crippen molar-refractivity contribution in [1.29, 1.82) is 0 Å². The summed E-state index contributed by atoms with van der Waals surface area (Å²) >= 11 is 0. The molecule has 5 nitrogen and oxygen atoms in total. The summed E-state index contributed by atoms with van der Waals surface area (Å²) in [5, 5.41) is 9.08. The Morgan fingerprint density at radius 2 is 2.40 bits per heavy atom. The van der Waals surface area contributed by atoms with Crippen molar-refractivity contribution in [3.63, 3.8) is 0 Å². The molecule has 0 aromatic carbocycles. The van der Waals surface area contributed by atoms with Crippen molar-refractivity contribution in [2.24, 2.45) is 7.05 Å². The highest BCUT2D eigenvalue weighted by Crippen LogP contribution is 2.51. The van der Waals surface area contributed by atoms with E-state index in [0.29, 0.717) is 0 Å². The number of rotatable bonds is 4. The van der Waals surface area contributed by atoms with Gasteiger partial charge in [0.15, 0.2) is 6.10 Å². The van der Waals surface area contributed by atoms with Crippen LogP contribution >= 0.6 is 0 Å². The normalized spacial score (nSPS) is 19.9. The van der Waals surface area contributed by atoms with E-state index < -0.39 is 17.5 Å². The number of aliphatic carboxylic acids is 1. The average molecular weight is 210 g/mol. The van der Waals surface area contributed by atoms with Crippen LogP contribution in [0.5, 0.6) is 0 Å². The molecule has 1 aliphatic rings. The van der Waals surface area contributed by atoms with Crippen molar-refractivity contribution in [2.75, 3.05) is 7.11 Å². The largest absolute Gasteiger partial charge is 0.479 e. The van der Waals surface area contributed by atoms with Crippen LogP contribution < -0.4 is 0 Å². The van der Waals surface area contributed by atoms with E-state index in [2.05, 4.69) is 4.98 Å². The maximum Gasteiger partial charge on any atom is 0.333 e. The molecule has 2 rings (SSSR count). The van der Waals surface area contributed by atoms with Gasteiger partial charge in [-0.05, 0) is 12.8 Å². The number of ether oxygens (including phenoxy) is 1. The van der Waals surface area contributed by atoms with Crippen LogP contribution in [0.25, 0.3) is 0 Å². The molecule has 0 saturated heterocycles. The van der Waals surface area contributed by atoms with Gasteiger partial charge >= 0.3 is 5.97 Å². The zero-order chi connectivity index (χ0) is 11.1. The predicted octanol–water partition coefficient (Wildman–Crippen LogP) is 0.551. The number of hydrogen-bond acceptors (Lipinski definition) is 3. The van der Waals surface area contributed by atoms with Gasteiger partial charge in [-0.15, -0.1) is 0 Å². The molecule has 1 aliphatic carbocycles. The first-order valence-corrected chi connectivity index (χ1v) is 4.85. The van der Waals surface area contributed by atoms with Crippen molar-refractivity contribution in [3.05, 3.63) is 18.2 Å². The summed E-state index contributed by atoms with van der Waals surface area (Å²) in [5.41, 5.74) is -0.418. The minimum atomic E-state index is -0.919. The molecule has 0 aliphatic heterocycles. The topological polar surface area (TPSA) is 64.3 Å². The van der Waals surface area contributed by atoms with Crippen LogP contribution in [0, 0.1) is 0 Å². The molecule has 1 fully saturated rings. The molecule has 1 saturated carbocycles. The van der Waals surface area contributed by atoms with Crippen LogP contribution in [0.15, 0.2) is 12.4 Å². The second-order valence-corrected chi connectivity index (χ2v) is 3.97. The van der Waals surface area contributed by atoms with Crippen molar-refractivity contribution < 1.29 is 14.6 Å². The highest BCUT2D eigenvalue weighted by molar-refractivity contribution is 5.75. The molecule has 0 amide bonds. The Kier molecular flexibility index (Phi) is 2.26. The van der Waals surface area contributed by atoms with Crippen LogP contribution in [0.1, 0.15) is 18.7 Å². The predicted molar refractivity (Wildman–Crippen MR) is 52.6 cm³/mol. The van der Waals surface area contributed by atoms with E-state index in [1.807, 2.05) is 17.8 Å². The molecular formula is C10H14N2O3. The Labute approximate surface area is 87.7 Å². The lowest BCUT2D eigenvalue weighted by Gasteiger charge is -2.21. The quantitative estimate of drug-likeness (QED) is 0.788. The highest BCUT2D eigenvalue weighted by atomic mass is 16.5. The van der Waals surface area contributed by atoms with Gasteiger partial charge in [-0.2, -0.15) is 0 Å². The molecule has 15 heavy (non-hydrogen) atoms. The zero-order valence-corrected chi connectivity index (χ0v) is 8.80. The Morgan fingerprint density at radius 1 is 1.73 bits per heavy atom. The Balaban J connectivity index is 2.35. The fraction of sp³-hybridized carbons (Fsp3) is 0.600.